The molecule has 1 fully saturated rings. The largest absolute Gasteiger partial charge is 0.338 e. The summed E-state index contributed by atoms with van der Waals surface area (Å²) in [7, 11) is 1.91. The van der Waals surface area contributed by atoms with E-state index in [0.717, 1.165) is 26.1 Å². The van der Waals surface area contributed by atoms with Crippen molar-refractivity contribution in [2.75, 3.05) is 26.7 Å². The Hall–Kier alpha value is -1.14. The summed E-state index contributed by atoms with van der Waals surface area (Å²) in [5.41, 5.74) is 0.564. The van der Waals surface area contributed by atoms with E-state index in [9.17, 15) is 13.6 Å². The quantitative estimate of drug-likeness (QED) is 0.849. The van der Waals surface area contributed by atoms with E-state index in [1.165, 1.54) is 0 Å². The second-order valence-corrected chi connectivity index (χ2v) is 5.93. The lowest BCUT2D eigenvalue weighted by Gasteiger charge is -2.16. The second kappa shape index (κ2) is 7.04. The molecule has 6 heteroatoms. The molecule has 0 spiro atoms. The molecule has 0 radical (unpaired) electrons. The molecule has 0 saturated carbocycles. The first-order valence-corrected chi connectivity index (χ1v) is 7.47. The highest BCUT2D eigenvalue weighted by Crippen LogP contribution is 2.26. The van der Waals surface area contributed by atoms with Gasteiger partial charge < -0.3 is 10.2 Å². The number of thioether (sulfide) groups is 1. The van der Waals surface area contributed by atoms with Crippen molar-refractivity contribution in [3.63, 3.8) is 0 Å². The fraction of sp³-hybridized carbons (Fsp3) is 0.500. The average molecular weight is 300 g/mol. The number of hydrogen-bond acceptors (Lipinski definition) is 3. The minimum absolute atomic E-state index is 0.0165. The Labute approximate surface area is 121 Å². The van der Waals surface area contributed by atoms with Crippen molar-refractivity contribution in [1.29, 1.82) is 0 Å². The van der Waals surface area contributed by atoms with Crippen molar-refractivity contribution in [2.45, 2.75) is 17.1 Å². The highest BCUT2D eigenvalue weighted by molar-refractivity contribution is 7.99. The van der Waals surface area contributed by atoms with Gasteiger partial charge in [-0.05, 0) is 50.2 Å². The molecule has 1 amide bonds. The van der Waals surface area contributed by atoms with Crippen LogP contribution in [0.3, 0.4) is 0 Å². The first-order valence-electron chi connectivity index (χ1n) is 6.59. The SMILES string of the molecule is CNCC1CCN(C(=O)c2ccc(SC(F)F)cc2)C1. The second-order valence-electron chi connectivity index (χ2n) is 4.87. The van der Waals surface area contributed by atoms with E-state index in [1.54, 1.807) is 24.3 Å². The zero-order valence-corrected chi connectivity index (χ0v) is 12.1. The third kappa shape index (κ3) is 3.93. The Kier molecular flexibility index (Phi) is 5.37. The van der Waals surface area contributed by atoms with E-state index >= 15 is 0 Å². The van der Waals surface area contributed by atoms with Gasteiger partial charge in [0.05, 0.1) is 0 Å². The average Bonchev–Trinajstić information content (AvgIpc) is 2.87. The predicted octanol–water partition coefficient (Wildman–Crippen LogP) is 2.68. The molecular formula is C14H18F2N2OS. The number of rotatable bonds is 5. The summed E-state index contributed by atoms with van der Waals surface area (Å²) in [6.07, 6.45) is 1.01. The Morgan fingerprint density at radius 2 is 2.15 bits per heavy atom. The van der Waals surface area contributed by atoms with Gasteiger partial charge in [0, 0.05) is 23.5 Å². The number of nitrogens with zero attached hydrogens (tertiary/aromatic N) is 1. The number of alkyl halides is 2. The molecule has 0 aliphatic carbocycles. The molecule has 1 aliphatic rings. The number of hydrogen-bond donors (Lipinski definition) is 1. The lowest BCUT2D eigenvalue weighted by atomic mass is 10.1. The number of likely N-dealkylation sites (tertiary alicyclic amines) is 1. The van der Waals surface area contributed by atoms with Crippen LogP contribution in [0, 0.1) is 5.92 Å². The molecule has 0 bridgehead atoms. The number of nitrogens with one attached hydrogen (secondary N) is 1. The molecule has 3 nitrogen and oxygen atoms in total. The van der Waals surface area contributed by atoms with Gasteiger partial charge in [-0.1, -0.05) is 11.8 Å². The summed E-state index contributed by atoms with van der Waals surface area (Å²) in [6, 6.07) is 6.40. The van der Waals surface area contributed by atoms with Crippen LogP contribution in [-0.2, 0) is 0 Å². The monoisotopic (exact) mass is 300 g/mol. The summed E-state index contributed by atoms with van der Waals surface area (Å²) < 4.78 is 24.4. The van der Waals surface area contributed by atoms with Crippen LogP contribution < -0.4 is 5.32 Å². The van der Waals surface area contributed by atoms with E-state index in [1.807, 2.05) is 11.9 Å². The van der Waals surface area contributed by atoms with Gasteiger partial charge in [-0.3, -0.25) is 4.79 Å². The van der Waals surface area contributed by atoms with Crippen LogP contribution in [0.25, 0.3) is 0 Å². The molecule has 1 aliphatic heterocycles. The molecular weight excluding hydrogens is 282 g/mol. The Morgan fingerprint density at radius 3 is 2.75 bits per heavy atom. The smallest absolute Gasteiger partial charge is 0.288 e. The third-order valence-electron chi connectivity index (χ3n) is 3.39. The fourth-order valence-electron chi connectivity index (χ4n) is 2.43. The van der Waals surface area contributed by atoms with Gasteiger partial charge in [0.15, 0.2) is 0 Å². The number of amides is 1. The van der Waals surface area contributed by atoms with E-state index in [2.05, 4.69) is 5.32 Å². The molecule has 1 atom stereocenters. The van der Waals surface area contributed by atoms with Gasteiger partial charge in [-0.25, -0.2) is 0 Å². The number of carbonyl (C=O) groups is 1. The number of halogens is 2. The summed E-state index contributed by atoms with van der Waals surface area (Å²) >= 11 is 0.492. The maximum absolute atomic E-state index is 12.3. The van der Waals surface area contributed by atoms with Gasteiger partial charge in [0.25, 0.3) is 11.7 Å². The van der Waals surface area contributed by atoms with E-state index in [0.29, 0.717) is 28.1 Å². The highest BCUT2D eigenvalue weighted by atomic mass is 32.2. The Bertz CT molecular complexity index is 453. The van der Waals surface area contributed by atoms with Gasteiger partial charge in [-0.2, -0.15) is 8.78 Å². The van der Waals surface area contributed by atoms with Crippen molar-refractivity contribution in [3.8, 4) is 0 Å². The van der Waals surface area contributed by atoms with Crippen molar-refractivity contribution >= 4 is 17.7 Å². The maximum Gasteiger partial charge on any atom is 0.288 e. The summed E-state index contributed by atoms with van der Waals surface area (Å²) in [6.45, 7) is 2.43. The topological polar surface area (TPSA) is 32.3 Å². The molecule has 1 heterocycles. The molecule has 1 N–H and O–H groups in total. The van der Waals surface area contributed by atoms with Gasteiger partial charge in [-0.15, -0.1) is 0 Å². The van der Waals surface area contributed by atoms with Crippen LogP contribution >= 0.6 is 11.8 Å². The maximum atomic E-state index is 12.3. The minimum Gasteiger partial charge on any atom is -0.338 e. The molecule has 110 valence electrons. The minimum atomic E-state index is -2.43. The van der Waals surface area contributed by atoms with Crippen LogP contribution in [0.1, 0.15) is 16.8 Å². The van der Waals surface area contributed by atoms with Gasteiger partial charge in [0.1, 0.15) is 0 Å². The van der Waals surface area contributed by atoms with Crippen molar-refractivity contribution in [3.05, 3.63) is 29.8 Å². The highest BCUT2D eigenvalue weighted by Gasteiger charge is 2.26. The van der Waals surface area contributed by atoms with E-state index in [-0.39, 0.29) is 5.91 Å². The standard InChI is InChI=1S/C14H18F2N2OS/c1-17-8-10-6-7-18(9-10)13(19)11-2-4-12(5-3-11)20-14(15)16/h2-5,10,14,17H,6-9H2,1H3. The van der Waals surface area contributed by atoms with E-state index < -0.39 is 5.76 Å². The molecule has 0 aromatic heterocycles. The molecule has 2 rings (SSSR count). The molecule has 1 unspecified atom stereocenters. The first-order chi connectivity index (χ1) is 9.60. The number of benzene rings is 1. The molecule has 20 heavy (non-hydrogen) atoms. The summed E-state index contributed by atoms with van der Waals surface area (Å²) in [4.78, 5) is 14.6. The van der Waals surface area contributed by atoms with Crippen LogP contribution in [0.2, 0.25) is 0 Å². The predicted molar refractivity (Wildman–Crippen MR) is 76.2 cm³/mol. The van der Waals surface area contributed by atoms with E-state index in [4.69, 9.17) is 0 Å². The normalized spacial score (nSPS) is 18.8. The van der Waals surface area contributed by atoms with Crippen molar-refractivity contribution in [1.82, 2.24) is 10.2 Å². The lowest BCUT2D eigenvalue weighted by Crippen LogP contribution is -2.30. The summed E-state index contributed by atoms with van der Waals surface area (Å²) in [5.74, 6) is -1.95. The molecule has 1 aromatic carbocycles. The van der Waals surface area contributed by atoms with Crippen molar-refractivity contribution in [2.24, 2.45) is 5.92 Å². The first kappa shape index (κ1) is 15.3. The zero-order valence-electron chi connectivity index (χ0n) is 11.3. The molecule has 1 aromatic rings. The van der Waals surface area contributed by atoms with Gasteiger partial charge in [0.2, 0.25) is 0 Å². The number of carbonyl (C=O) groups excluding carboxylic acids is 1. The lowest BCUT2D eigenvalue weighted by molar-refractivity contribution is 0.0787. The summed E-state index contributed by atoms with van der Waals surface area (Å²) in [5, 5.41) is 3.12. The molecule has 1 saturated heterocycles. The zero-order chi connectivity index (χ0) is 14.5. The Balaban J connectivity index is 1.96. The van der Waals surface area contributed by atoms with Crippen LogP contribution in [0.5, 0.6) is 0 Å². The van der Waals surface area contributed by atoms with Crippen molar-refractivity contribution < 1.29 is 13.6 Å². The third-order valence-corrected chi connectivity index (χ3v) is 4.11. The fourth-order valence-corrected chi connectivity index (χ4v) is 2.93. The van der Waals surface area contributed by atoms with Crippen LogP contribution in [0.15, 0.2) is 29.2 Å². The van der Waals surface area contributed by atoms with Gasteiger partial charge >= 0.3 is 0 Å². The Morgan fingerprint density at radius 1 is 1.45 bits per heavy atom. The van der Waals surface area contributed by atoms with Crippen LogP contribution in [0.4, 0.5) is 8.78 Å². The van der Waals surface area contributed by atoms with Crippen LogP contribution in [-0.4, -0.2) is 43.2 Å².